The number of amides is 1. The van der Waals surface area contributed by atoms with Crippen molar-refractivity contribution in [3.63, 3.8) is 0 Å². The van der Waals surface area contributed by atoms with Crippen LogP contribution in [-0.2, 0) is 21.8 Å². The zero-order chi connectivity index (χ0) is 28.8. The van der Waals surface area contributed by atoms with E-state index in [1.807, 2.05) is 13.0 Å². The molecule has 216 valence electrons. The molecule has 1 aromatic rings. The molecular formula is C28H34F6N2O3. The molecule has 0 saturated carbocycles. The molecular weight excluding hydrogens is 526 g/mol. The van der Waals surface area contributed by atoms with Crippen LogP contribution in [0.25, 0.3) is 0 Å². The molecule has 2 aliphatic rings. The molecule has 11 heteroatoms. The largest absolute Gasteiger partial charge is 0.445 e. The average Bonchev–Trinajstić information content (AvgIpc) is 3.42. The number of carbonyl (C=O) groups is 1. The van der Waals surface area contributed by atoms with Crippen LogP contribution in [0.3, 0.4) is 0 Å². The summed E-state index contributed by atoms with van der Waals surface area (Å²) in [7, 11) is 0. The van der Waals surface area contributed by atoms with E-state index in [1.54, 1.807) is 23.1 Å². The zero-order valence-electron chi connectivity index (χ0n) is 22.0. The van der Waals surface area contributed by atoms with Gasteiger partial charge in [-0.15, -0.1) is 0 Å². The molecule has 2 heterocycles. The Morgan fingerprint density at radius 1 is 1.13 bits per heavy atom. The first-order valence-electron chi connectivity index (χ1n) is 12.9. The van der Waals surface area contributed by atoms with Crippen LogP contribution in [0.4, 0.5) is 31.1 Å². The number of carbonyl (C=O) groups excluding carboxylic acids is 1. The van der Waals surface area contributed by atoms with Crippen LogP contribution in [0, 0.1) is 0 Å². The second-order valence-corrected chi connectivity index (χ2v) is 9.90. The number of ether oxygens (including phenoxy) is 2. The van der Waals surface area contributed by atoms with Crippen molar-refractivity contribution >= 4 is 6.09 Å². The number of rotatable bonds is 8. The molecule has 1 N–H and O–H groups in total. The van der Waals surface area contributed by atoms with E-state index < -0.39 is 41.2 Å². The molecule has 5 nitrogen and oxygen atoms in total. The van der Waals surface area contributed by atoms with E-state index in [9.17, 15) is 31.1 Å². The summed E-state index contributed by atoms with van der Waals surface area (Å²) < 4.78 is 91.6. The molecule has 0 bridgehead atoms. The lowest BCUT2D eigenvalue weighted by Gasteiger charge is -2.42. The Balaban J connectivity index is 1.76. The Morgan fingerprint density at radius 2 is 1.74 bits per heavy atom. The Hall–Kier alpha value is -2.79. The molecule has 0 spiro atoms. The van der Waals surface area contributed by atoms with E-state index in [2.05, 4.69) is 11.9 Å². The number of halogens is 6. The van der Waals surface area contributed by atoms with Crippen molar-refractivity contribution in [1.82, 2.24) is 10.2 Å². The number of nitrogens with zero attached hydrogens (tertiary/aromatic N) is 1. The first-order valence-corrected chi connectivity index (χ1v) is 12.9. The summed E-state index contributed by atoms with van der Waals surface area (Å²) in [6, 6.07) is 1.45. The van der Waals surface area contributed by atoms with Gasteiger partial charge < -0.3 is 19.7 Å². The van der Waals surface area contributed by atoms with Crippen molar-refractivity contribution in [3.8, 4) is 0 Å². The van der Waals surface area contributed by atoms with Crippen LogP contribution in [0.5, 0.6) is 0 Å². The van der Waals surface area contributed by atoms with Gasteiger partial charge in [0.15, 0.2) is 0 Å². The number of hydrogen-bond donors (Lipinski definition) is 1. The van der Waals surface area contributed by atoms with Crippen LogP contribution in [0.15, 0.2) is 54.7 Å². The van der Waals surface area contributed by atoms with Gasteiger partial charge in [0.05, 0.1) is 29.4 Å². The number of allylic oxidation sites excluding steroid dienone is 3. The molecule has 0 aliphatic carbocycles. The molecule has 2 aliphatic heterocycles. The van der Waals surface area contributed by atoms with E-state index in [-0.39, 0.29) is 30.9 Å². The first-order chi connectivity index (χ1) is 18.2. The van der Waals surface area contributed by atoms with E-state index in [0.717, 1.165) is 12.8 Å². The Kier molecular flexibility index (Phi) is 9.93. The van der Waals surface area contributed by atoms with E-state index in [4.69, 9.17) is 9.47 Å². The zero-order valence-corrected chi connectivity index (χ0v) is 22.0. The Morgan fingerprint density at radius 3 is 2.26 bits per heavy atom. The quantitative estimate of drug-likeness (QED) is 0.270. The highest BCUT2D eigenvalue weighted by molar-refractivity contribution is 5.68. The predicted octanol–water partition coefficient (Wildman–Crippen LogP) is 7.21. The summed E-state index contributed by atoms with van der Waals surface area (Å²) in [5, 5.41) is 3.33. The van der Waals surface area contributed by atoms with Gasteiger partial charge in [0, 0.05) is 19.6 Å². The summed E-state index contributed by atoms with van der Waals surface area (Å²) in [6.07, 6.45) is -1.80. The molecule has 3 rings (SSSR count). The van der Waals surface area contributed by atoms with Crippen LogP contribution in [-0.4, -0.2) is 48.9 Å². The van der Waals surface area contributed by atoms with Gasteiger partial charge in [-0.2, -0.15) is 26.3 Å². The maximum Gasteiger partial charge on any atom is 0.416 e. The second kappa shape index (κ2) is 12.6. The summed E-state index contributed by atoms with van der Waals surface area (Å²) in [6.45, 7) is 8.92. The van der Waals surface area contributed by atoms with Gasteiger partial charge in [0.2, 0.25) is 0 Å². The van der Waals surface area contributed by atoms with Crippen LogP contribution < -0.4 is 5.32 Å². The Labute approximate surface area is 224 Å². The fourth-order valence-electron chi connectivity index (χ4n) is 4.63. The molecule has 2 fully saturated rings. The van der Waals surface area contributed by atoms with Gasteiger partial charge >= 0.3 is 18.4 Å². The summed E-state index contributed by atoms with van der Waals surface area (Å²) in [5.41, 5.74) is -3.27. The molecule has 1 aromatic carbocycles. The molecule has 1 unspecified atom stereocenters. The van der Waals surface area contributed by atoms with E-state index >= 15 is 0 Å². The monoisotopic (exact) mass is 560 g/mol. The minimum absolute atomic E-state index is 0.0719. The van der Waals surface area contributed by atoms with Crippen molar-refractivity contribution < 1.29 is 40.6 Å². The fourth-order valence-corrected chi connectivity index (χ4v) is 4.63. The molecule has 39 heavy (non-hydrogen) atoms. The van der Waals surface area contributed by atoms with Crippen molar-refractivity contribution in [2.45, 2.75) is 69.6 Å². The molecule has 2 saturated heterocycles. The topological polar surface area (TPSA) is 50.8 Å². The summed E-state index contributed by atoms with van der Waals surface area (Å²) in [4.78, 5) is 14.1. The van der Waals surface area contributed by atoms with Gasteiger partial charge in [-0.1, -0.05) is 30.9 Å². The van der Waals surface area contributed by atoms with Crippen molar-refractivity contribution in [2.75, 3.05) is 26.2 Å². The fraction of sp³-hybridized carbons (Fsp3) is 0.536. The van der Waals surface area contributed by atoms with Gasteiger partial charge in [-0.25, -0.2) is 4.79 Å². The highest BCUT2D eigenvalue weighted by Gasteiger charge is 2.40. The third-order valence-electron chi connectivity index (χ3n) is 7.07. The lowest BCUT2D eigenvalue weighted by molar-refractivity contribution is -0.143. The number of nitrogens with one attached hydrogen (secondary N) is 1. The lowest BCUT2D eigenvalue weighted by atomic mass is 9.82. The number of hydrogen-bond acceptors (Lipinski definition) is 4. The lowest BCUT2D eigenvalue weighted by Crippen LogP contribution is -2.57. The van der Waals surface area contributed by atoms with Crippen LogP contribution >= 0.6 is 0 Å². The van der Waals surface area contributed by atoms with Crippen molar-refractivity contribution in [3.05, 3.63) is 71.3 Å². The smallest absolute Gasteiger partial charge is 0.416 e. The minimum Gasteiger partial charge on any atom is -0.445 e. The minimum atomic E-state index is -4.95. The van der Waals surface area contributed by atoms with E-state index in [0.29, 0.717) is 43.6 Å². The van der Waals surface area contributed by atoms with Crippen LogP contribution in [0.2, 0.25) is 0 Å². The number of piperidine rings is 1. The van der Waals surface area contributed by atoms with E-state index in [1.165, 1.54) is 6.92 Å². The normalized spacial score (nSPS) is 23.5. The van der Waals surface area contributed by atoms with Crippen molar-refractivity contribution in [2.24, 2.45) is 0 Å². The van der Waals surface area contributed by atoms with Gasteiger partial charge in [-0.05, 0) is 68.9 Å². The van der Waals surface area contributed by atoms with Crippen LogP contribution in [0.1, 0.15) is 62.3 Å². The molecule has 0 radical (unpaired) electrons. The SMILES string of the molecule is C=C(/C=C\C=C/C)[C@]1(CO[C@H](C)c2cc(C(F)(F)F)cc(C(F)(F)F)c2)CCC(OC(=O)N2CCCC2)CN1. The third-order valence-corrected chi connectivity index (χ3v) is 7.07. The number of benzene rings is 1. The number of likely N-dealkylation sites (tertiary alicyclic amines) is 1. The predicted molar refractivity (Wildman–Crippen MR) is 135 cm³/mol. The third kappa shape index (κ3) is 8.11. The highest BCUT2D eigenvalue weighted by atomic mass is 19.4. The maximum absolute atomic E-state index is 13.3. The van der Waals surface area contributed by atoms with Crippen molar-refractivity contribution in [1.29, 1.82) is 0 Å². The molecule has 0 aromatic heterocycles. The highest BCUT2D eigenvalue weighted by Crippen LogP contribution is 2.38. The maximum atomic E-state index is 13.3. The Bertz CT molecular complexity index is 1030. The molecule has 1 amide bonds. The molecule has 3 atom stereocenters. The standard InChI is InChI=1S/C28H34F6N2O3/c1-4-5-6-9-19(2)26(11-10-24(17-35-26)39-25(37)36-12-7-8-13-36)18-38-20(3)21-14-22(27(29,30)31)16-23(15-21)28(32,33)34/h4-6,9,14-16,20,24,35H,2,7-8,10-13,17-18H2,1,3H3/b5-4-,9-6-/t20-,24?,26-/m1/s1. The first kappa shape index (κ1) is 30.7. The summed E-state index contributed by atoms with van der Waals surface area (Å²) in [5.74, 6) is 0. The number of alkyl halides is 6. The summed E-state index contributed by atoms with van der Waals surface area (Å²) >= 11 is 0. The van der Waals surface area contributed by atoms with Gasteiger partial charge in [0.25, 0.3) is 0 Å². The average molecular weight is 561 g/mol. The second-order valence-electron chi connectivity index (χ2n) is 9.90. The van der Waals surface area contributed by atoms with Gasteiger partial charge in [0.1, 0.15) is 6.10 Å². The van der Waals surface area contributed by atoms with Gasteiger partial charge in [-0.3, -0.25) is 0 Å².